The van der Waals surface area contributed by atoms with Gasteiger partial charge < -0.3 is 15.2 Å². The Morgan fingerprint density at radius 1 is 1.17 bits per heavy atom. The summed E-state index contributed by atoms with van der Waals surface area (Å²) in [5, 5.41) is 18.9. The Morgan fingerprint density at radius 2 is 1.93 bits per heavy atom. The van der Waals surface area contributed by atoms with Gasteiger partial charge in [0.25, 0.3) is 0 Å². The van der Waals surface area contributed by atoms with Crippen LogP contribution in [0.15, 0.2) is 35.5 Å². The standard InChI is InChI=1S/C31H39N7O4/c1-4-5-6-22-16-37(22)17-25-32-15-24-27(36-38(29(24)34-25)21-11-13-23(39)14-12-21)19-7-9-20(10-8-19)28-26(30(40)42-3)18(2)33-31(41)35-28/h7-10,15,21-23,26,28,39H,4-6,11-14,16-17H2,1-3H3,(H,35,41). The fourth-order valence-electron chi connectivity index (χ4n) is 6.40. The maximum Gasteiger partial charge on any atom is 0.341 e. The molecule has 11 heteroatoms. The molecule has 3 aromatic rings. The lowest BCUT2D eigenvalue weighted by atomic mass is 9.88. The fraction of sp³-hybridized carbons (Fsp3) is 0.548. The first-order chi connectivity index (χ1) is 20.4. The molecule has 0 bridgehead atoms. The summed E-state index contributed by atoms with van der Waals surface area (Å²) in [4.78, 5) is 40.9. The molecule has 3 aliphatic rings. The molecule has 2 amide bonds. The molecule has 2 aromatic heterocycles. The minimum atomic E-state index is -0.698. The number of unbranched alkanes of at least 4 members (excludes halogenated alkanes) is 1. The fourth-order valence-corrected chi connectivity index (χ4v) is 6.40. The molecule has 11 nitrogen and oxygen atoms in total. The molecule has 4 heterocycles. The second-order valence-corrected chi connectivity index (χ2v) is 11.8. The molecular formula is C31H39N7O4. The van der Waals surface area contributed by atoms with Crippen molar-refractivity contribution in [1.82, 2.24) is 30.0 Å². The number of methoxy groups -OCH3 is 1. The van der Waals surface area contributed by atoms with Gasteiger partial charge in [-0.05, 0) is 44.6 Å². The average molecular weight is 574 g/mol. The van der Waals surface area contributed by atoms with Crippen LogP contribution in [0.2, 0.25) is 0 Å². The number of ether oxygens (including phenoxy) is 1. The zero-order valence-electron chi connectivity index (χ0n) is 24.5. The predicted molar refractivity (Wildman–Crippen MR) is 158 cm³/mol. The van der Waals surface area contributed by atoms with Crippen molar-refractivity contribution in [2.24, 2.45) is 10.9 Å². The van der Waals surface area contributed by atoms with Crippen LogP contribution in [0.3, 0.4) is 0 Å². The highest BCUT2D eigenvalue weighted by atomic mass is 16.5. The summed E-state index contributed by atoms with van der Waals surface area (Å²) in [6.45, 7) is 5.73. The number of hydrogen-bond acceptors (Lipinski definition) is 8. The summed E-state index contributed by atoms with van der Waals surface area (Å²) in [7, 11) is 1.33. The monoisotopic (exact) mass is 573 g/mol. The van der Waals surface area contributed by atoms with Crippen molar-refractivity contribution >= 4 is 28.7 Å². The molecule has 42 heavy (non-hydrogen) atoms. The van der Waals surface area contributed by atoms with Gasteiger partial charge in [-0.2, -0.15) is 5.10 Å². The van der Waals surface area contributed by atoms with Crippen LogP contribution in [0.4, 0.5) is 4.79 Å². The van der Waals surface area contributed by atoms with Crippen LogP contribution in [0.1, 0.15) is 82.3 Å². The van der Waals surface area contributed by atoms with E-state index in [-0.39, 0.29) is 12.1 Å². The Hall–Kier alpha value is -3.70. The van der Waals surface area contributed by atoms with Crippen LogP contribution in [0.25, 0.3) is 22.3 Å². The number of fused-ring (bicyclic) bond motifs is 1. The summed E-state index contributed by atoms with van der Waals surface area (Å²) in [5.74, 6) is -0.338. The molecule has 0 spiro atoms. The minimum Gasteiger partial charge on any atom is -0.468 e. The van der Waals surface area contributed by atoms with Gasteiger partial charge in [0.05, 0.1) is 37.2 Å². The molecular weight excluding hydrogens is 534 g/mol. The van der Waals surface area contributed by atoms with Crippen LogP contribution < -0.4 is 5.32 Å². The molecule has 2 N–H and O–H groups in total. The van der Waals surface area contributed by atoms with Crippen molar-refractivity contribution in [2.75, 3.05) is 13.7 Å². The van der Waals surface area contributed by atoms with Gasteiger partial charge in [-0.25, -0.2) is 24.4 Å². The van der Waals surface area contributed by atoms with Crippen molar-refractivity contribution in [3.05, 3.63) is 41.9 Å². The van der Waals surface area contributed by atoms with Crippen LogP contribution in [0.5, 0.6) is 0 Å². The molecule has 2 aliphatic heterocycles. The number of urea groups is 1. The van der Waals surface area contributed by atoms with E-state index in [0.29, 0.717) is 11.8 Å². The maximum absolute atomic E-state index is 12.5. The van der Waals surface area contributed by atoms with Crippen LogP contribution in [-0.4, -0.2) is 73.3 Å². The van der Waals surface area contributed by atoms with E-state index in [9.17, 15) is 14.7 Å². The molecule has 222 valence electrons. The van der Waals surface area contributed by atoms with E-state index in [0.717, 1.165) is 72.5 Å². The molecule has 2 fully saturated rings. The third-order valence-electron chi connectivity index (χ3n) is 8.91. The van der Waals surface area contributed by atoms with E-state index in [2.05, 4.69) is 22.1 Å². The number of carbonyl (C=O) groups excluding carboxylic acids is 2. The topological polar surface area (TPSA) is 135 Å². The quantitative estimate of drug-likeness (QED) is 0.285. The lowest BCUT2D eigenvalue weighted by Gasteiger charge is -2.29. The zero-order valence-corrected chi connectivity index (χ0v) is 24.5. The molecule has 4 unspecified atom stereocenters. The number of hydrogen-bond donors (Lipinski definition) is 2. The largest absolute Gasteiger partial charge is 0.468 e. The second kappa shape index (κ2) is 11.9. The molecule has 1 aromatic carbocycles. The number of benzene rings is 1. The summed E-state index contributed by atoms with van der Waals surface area (Å²) < 4.78 is 7.04. The highest BCUT2D eigenvalue weighted by Crippen LogP contribution is 2.36. The lowest BCUT2D eigenvalue weighted by Crippen LogP contribution is -2.44. The van der Waals surface area contributed by atoms with Crippen LogP contribution >= 0.6 is 0 Å². The summed E-state index contributed by atoms with van der Waals surface area (Å²) in [6.07, 6.45) is 8.49. The Bertz CT molecular complexity index is 1490. The van der Waals surface area contributed by atoms with Gasteiger partial charge in [-0.1, -0.05) is 44.0 Å². The minimum absolute atomic E-state index is 0.158. The number of carbonyl (C=O) groups is 2. The third kappa shape index (κ3) is 5.67. The summed E-state index contributed by atoms with van der Waals surface area (Å²) in [5.41, 5.74) is 3.70. The van der Waals surface area contributed by atoms with Gasteiger partial charge >= 0.3 is 12.0 Å². The summed E-state index contributed by atoms with van der Waals surface area (Å²) >= 11 is 0. The lowest BCUT2D eigenvalue weighted by molar-refractivity contribution is -0.143. The molecule has 1 saturated carbocycles. The molecule has 4 atom stereocenters. The first-order valence-electron chi connectivity index (χ1n) is 15.1. The third-order valence-corrected chi connectivity index (χ3v) is 8.91. The first-order valence-corrected chi connectivity index (χ1v) is 15.1. The SMILES string of the molecule is CCCCC1CN1Cc1ncc2c(-c3ccc(C4NC(=O)N=C(C)C4C(=O)OC)cc3)nn(C3CCC(O)CC3)c2n1. The number of nitrogens with zero attached hydrogens (tertiary/aromatic N) is 6. The van der Waals surface area contributed by atoms with Crippen molar-refractivity contribution in [3.8, 4) is 11.3 Å². The van der Waals surface area contributed by atoms with Gasteiger partial charge in [-0.3, -0.25) is 9.69 Å². The molecule has 1 saturated heterocycles. The number of rotatable bonds is 9. The molecule has 0 radical (unpaired) electrons. The summed E-state index contributed by atoms with van der Waals surface area (Å²) in [6, 6.07) is 7.45. The van der Waals surface area contributed by atoms with Gasteiger partial charge in [-0.15, -0.1) is 0 Å². The van der Waals surface area contributed by atoms with E-state index in [1.807, 2.05) is 35.1 Å². The van der Waals surface area contributed by atoms with Gasteiger partial charge in [0.2, 0.25) is 0 Å². The average Bonchev–Trinajstić information content (AvgIpc) is 3.62. The van der Waals surface area contributed by atoms with E-state index in [4.69, 9.17) is 19.8 Å². The Kier molecular flexibility index (Phi) is 8.04. The van der Waals surface area contributed by atoms with E-state index < -0.39 is 24.0 Å². The Labute approximate surface area is 245 Å². The Morgan fingerprint density at radius 3 is 2.64 bits per heavy atom. The van der Waals surface area contributed by atoms with Crippen molar-refractivity contribution in [1.29, 1.82) is 0 Å². The predicted octanol–water partition coefficient (Wildman–Crippen LogP) is 4.36. The van der Waals surface area contributed by atoms with Gasteiger partial charge in [0, 0.05) is 30.1 Å². The van der Waals surface area contributed by atoms with Crippen molar-refractivity contribution < 1.29 is 19.4 Å². The van der Waals surface area contributed by atoms with Crippen LogP contribution in [0, 0.1) is 5.92 Å². The van der Waals surface area contributed by atoms with Gasteiger partial charge in [0.15, 0.2) is 5.65 Å². The van der Waals surface area contributed by atoms with E-state index >= 15 is 0 Å². The van der Waals surface area contributed by atoms with E-state index in [1.54, 1.807) is 6.92 Å². The number of aliphatic imine (C=N–C) groups is 1. The normalized spacial score (nSPS) is 27.4. The van der Waals surface area contributed by atoms with Gasteiger partial charge in [0.1, 0.15) is 17.4 Å². The smallest absolute Gasteiger partial charge is 0.341 e. The second-order valence-electron chi connectivity index (χ2n) is 11.8. The molecule has 6 rings (SSSR count). The maximum atomic E-state index is 12.5. The number of aromatic nitrogens is 4. The zero-order chi connectivity index (χ0) is 29.4. The Balaban J connectivity index is 1.31. The van der Waals surface area contributed by atoms with Crippen molar-refractivity contribution in [3.63, 3.8) is 0 Å². The number of esters is 1. The number of amides is 2. The number of nitrogens with one attached hydrogen (secondary N) is 1. The highest BCUT2D eigenvalue weighted by molar-refractivity contribution is 6.08. The first kappa shape index (κ1) is 28.4. The van der Waals surface area contributed by atoms with Crippen LogP contribution in [-0.2, 0) is 16.1 Å². The van der Waals surface area contributed by atoms with E-state index in [1.165, 1.54) is 26.4 Å². The molecule has 1 aliphatic carbocycles. The van der Waals surface area contributed by atoms with Crippen molar-refractivity contribution in [2.45, 2.75) is 89.6 Å². The highest BCUT2D eigenvalue weighted by Gasteiger charge is 2.38. The number of aliphatic hydroxyl groups is 1. The number of aliphatic hydroxyl groups excluding tert-OH is 1.